The Morgan fingerprint density at radius 2 is 2.18 bits per heavy atom. The number of tetrazole rings is 1. The fourth-order valence-corrected chi connectivity index (χ4v) is 3.01. The molecule has 3 aromatic rings. The molecule has 0 saturated heterocycles. The largest absolute Gasteiger partial charge is 0.277 e. The van der Waals surface area contributed by atoms with E-state index in [9.17, 15) is 0 Å². The highest BCUT2D eigenvalue weighted by molar-refractivity contribution is 7.98. The van der Waals surface area contributed by atoms with E-state index in [1.807, 2.05) is 33.5 Å². The van der Waals surface area contributed by atoms with Gasteiger partial charge in [0, 0.05) is 11.6 Å². The molecule has 22 heavy (non-hydrogen) atoms. The zero-order valence-electron chi connectivity index (χ0n) is 11.9. The smallest absolute Gasteiger partial charge is 0.196 e. The Bertz CT molecular complexity index is 754. The van der Waals surface area contributed by atoms with Crippen LogP contribution in [-0.4, -0.2) is 35.0 Å². The Balaban J connectivity index is 1.77. The molecule has 0 bridgehead atoms. The lowest BCUT2D eigenvalue weighted by Crippen LogP contribution is -2.04. The van der Waals surface area contributed by atoms with Crippen molar-refractivity contribution in [2.75, 3.05) is 0 Å². The van der Waals surface area contributed by atoms with Gasteiger partial charge in [-0.1, -0.05) is 36.4 Å². The zero-order chi connectivity index (χ0) is 15.4. The van der Waals surface area contributed by atoms with Gasteiger partial charge in [0.25, 0.3) is 0 Å². The van der Waals surface area contributed by atoms with Crippen LogP contribution in [-0.2, 0) is 12.3 Å². The van der Waals surface area contributed by atoms with Gasteiger partial charge in [-0.25, -0.2) is 4.68 Å². The number of hydrogen-bond acceptors (Lipinski definition) is 6. The van der Waals surface area contributed by atoms with E-state index in [4.69, 9.17) is 11.6 Å². The molecule has 0 unspecified atom stereocenters. The van der Waals surface area contributed by atoms with Gasteiger partial charge in [0.05, 0.1) is 11.4 Å². The normalized spacial score (nSPS) is 11.0. The van der Waals surface area contributed by atoms with Gasteiger partial charge in [0.2, 0.25) is 0 Å². The number of aromatic nitrogens is 7. The highest BCUT2D eigenvalue weighted by atomic mass is 35.5. The van der Waals surface area contributed by atoms with Crippen LogP contribution < -0.4 is 0 Å². The van der Waals surface area contributed by atoms with Crippen molar-refractivity contribution < 1.29 is 0 Å². The van der Waals surface area contributed by atoms with Crippen molar-refractivity contribution in [2.24, 2.45) is 0 Å². The predicted octanol–water partition coefficient (Wildman–Crippen LogP) is 2.61. The molecular formula is C13H14ClN7S. The van der Waals surface area contributed by atoms with Crippen LogP contribution in [0.5, 0.6) is 0 Å². The van der Waals surface area contributed by atoms with E-state index < -0.39 is 0 Å². The maximum atomic E-state index is 6.04. The second kappa shape index (κ2) is 6.89. The third kappa shape index (κ3) is 3.28. The van der Waals surface area contributed by atoms with Crippen molar-refractivity contribution in [2.45, 2.75) is 30.8 Å². The summed E-state index contributed by atoms with van der Waals surface area (Å²) in [6.07, 6.45) is 2.66. The standard InChI is InChI=1S/C13H14ClN7S/c1-2-6-21-12(16-18-19-21)8-22-13-17-15-9-20(13)11-5-3-4-10(14)7-11/h3-5,7,9H,2,6,8H2,1H3. The van der Waals surface area contributed by atoms with E-state index >= 15 is 0 Å². The highest BCUT2D eigenvalue weighted by Gasteiger charge is 2.11. The third-order valence-electron chi connectivity index (χ3n) is 2.97. The molecule has 0 amide bonds. The molecule has 0 aliphatic rings. The lowest BCUT2D eigenvalue weighted by molar-refractivity contribution is 0.564. The second-order valence-electron chi connectivity index (χ2n) is 4.57. The van der Waals surface area contributed by atoms with Gasteiger partial charge in [-0.2, -0.15) is 0 Å². The lowest BCUT2D eigenvalue weighted by atomic mass is 10.3. The van der Waals surface area contributed by atoms with Crippen molar-refractivity contribution in [1.82, 2.24) is 35.0 Å². The van der Waals surface area contributed by atoms with E-state index in [0.29, 0.717) is 10.8 Å². The van der Waals surface area contributed by atoms with Crippen LogP contribution in [0.25, 0.3) is 5.69 Å². The third-order valence-corrected chi connectivity index (χ3v) is 4.15. The zero-order valence-corrected chi connectivity index (χ0v) is 13.5. The molecule has 0 atom stereocenters. The van der Waals surface area contributed by atoms with Crippen molar-refractivity contribution in [3.63, 3.8) is 0 Å². The molecule has 0 fully saturated rings. The summed E-state index contributed by atoms with van der Waals surface area (Å²) in [5.41, 5.74) is 0.924. The predicted molar refractivity (Wildman–Crippen MR) is 84.0 cm³/mol. The molecule has 3 rings (SSSR count). The maximum Gasteiger partial charge on any atom is 0.196 e. The number of rotatable bonds is 6. The Morgan fingerprint density at radius 1 is 1.27 bits per heavy atom. The van der Waals surface area contributed by atoms with Gasteiger partial charge < -0.3 is 0 Å². The summed E-state index contributed by atoms with van der Waals surface area (Å²) in [6, 6.07) is 7.56. The molecule has 0 radical (unpaired) electrons. The minimum Gasteiger partial charge on any atom is -0.277 e. The first-order chi connectivity index (χ1) is 10.8. The van der Waals surface area contributed by atoms with Crippen LogP contribution >= 0.6 is 23.4 Å². The van der Waals surface area contributed by atoms with Gasteiger partial charge in [-0.15, -0.1) is 15.3 Å². The average molecular weight is 336 g/mol. The molecule has 1 aromatic carbocycles. The molecule has 2 aromatic heterocycles. The van der Waals surface area contributed by atoms with Crippen molar-refractivity contribution in [1.29, 1.82) is 0 Å². The topological polar surface area (TPSA) is 74.3 Å². The van der Waals surface area contributed by atoms with Gasteiger partial charge in [-0.05, 0) is 35.0 Å². The minimum absolute atomic E-state index is 0.631. The molecule has 0 N–H and O–H groups in total. The first kappa shape index (κ1) is 15.0. The Hall–Kier alpha value is -1.93. The summed E-state index contributed by atoms with van der Waals surface area (Å²) in [5, 5.41) is 21.3. The number of halogens is 1. The molecule has 0 spiro atoms. The first-order valence-electron chi connectivity index (χ1n) is 6.81. The van der Waals surface area contributed by atoms with Crippen LogP contribution in [0.1, 0.15) is 19.2 Å². The van der Waals surface area contributed by atoms with Crippen LogP contribution in [0.2, 0.25) is 5.02 Å². The summed E-state index contributed by atoms with van der Waals surface area (Å²) in [5.74, 6) is 1.46. The van der Waals surface area contributed by atoms with E-state index in [0.717, 1.165) is 29.6 Å². The summed E-state index contributed by atoms with van der Waals surface area (Å²) in [4.78, 5) is 0. The van der Waals surface area contributed by atoms with Crippen molar-refractivity contribution >= 4 is 23.4 Å². The average Bonchev–Trinajstić information content (AvgIpc) is 3.14. The van der Waals surface area contributed by atoms with E-state index in [1.165, 1.54) is 11.8 Å². The molecule has 2 heterocycles. The van der Waals surface area contributed by atoms with E-state index in [-0.39, 0.29) is 0 Å². The maximum absolute atomic E-state index is 6.04. The molecule has 9 heteroatoms. The van der Waals surface area contributed by atoms with Crippen LogP contribution in [0.15, 0.2) is 35.7 Å². The number of benzene rings is 1. The van der Waals surface area contributed by atoms with Crippen LogP contribution in [0.3, 0.4) is 0 Å². The van der Waals surface area contributed by atoms with Crippen molar-refractivity contribution in [3.8, 4) is 5.69 Å². The molecule has 0 aliphatic heterocycles. The van der Waals surface area contributed by atoms with Gasteiger partial charge in [0.15, 0.2) is 11.0 Å². The van der Waals surface area contributed by atoms with Gasteiger partial charge >= 0.3 is 0 Å². The van der Waals surface area contributed by atoms with Crippen molar-refractivity contribution in [3.05, 3.63) is 41.4 Å². The van der Waals surface area contributed by atoms with E-state index in [2.05, 4.69) is 32.6 Å². The number of thioether (sulfide) groups is 1. The van der Waals surface area contributed by atoms with Crippen LogP contribution in [0, 0.1) is 0 Å². The monoisotopic (exact) mass is 335 g/mol. The van der Waals surface area contributed by atoms with Gasteiger partial charge in [0.1, 0.15) is 6.33 Å². The second-order valence-corrected chi connectivity index (χ2v) is 5.95. The lowest BCUT2D eigenvalue weighted by Gasteiger charge is -2.06. The summed E-state index contributed by atoms with van der Waals surface area (Å²) in [6.45, 7) is 2.90. The summed E-state index contributed by atoms with van der Waals surface area (Å²) >= 11 is 7.57. The first-order valence-corrected chi connectivity index (χ1v) is 8.18. The molecule has 114 valence electrons. The van der Waals surface area contributed by atoms with Crippen LogP contribution in [0.4, 0.5) is 0 Å². The number of hydrogen-bond donors (Lipinski definition) is 0. The fraction of sp³-hybridized carbons (Fsp3) is 0.308. The molecule has 0 aliphatic carbocycles. The van der Waals surface area contributed by atoms with Gasteiger partial charge in [-0.3, -0.25) is 4.57 Å². The summed E-state index contributed by atoms with van der Waals surface area (Å²) < 4.78 is 3.71. The fourth-order valence-electron chi connectivity index (χ4n) is 1.97. The Kier molecular flexibility index (Phi) is 4.69. The number of nitrogens with zero attached hydrogens (tertiary/aromatic N) is 7. The molecular weight excluding hydrogens is 322 g/mol. The SMILES string of the molecule is CCCn1nnnc1CSc1nncn1-c1cccc(Cl)c1. The molecule has 7 nitrogen and oxygen atoms in total. The number of aryl methyl sites for hydroxylation is 1. The minimum atomic E-state index is 0.631. The Labute approximate surface area is 136 Å². The van der Waals surface area contributed by atoms with E-state index in [1.54, 1.807) is 6.33 Å². The quantitative estimate of drug-likeness (QED) is 0.645. The Morgan fingerprint density at radius 3 is 3.00 bits per heavy atom. The highest BCUT2D eigenvalue weighted by Crippen LogP contribution is 2.23. The summed E-state index contributed by atoms with van der Waals surface area (Å²) in [7, 11) is 0. The molecule has 0 saturated carbocycles.